The molecule has 0 saturated heterocycles. The van der Waals surface area contributed by atoms with E-state index >= 15 is 0 Å². The average molecular weight is 372 g/mol. The van der Waals surface area contributed by atoms with Gasteiger partial charge in [0, 0.05) is 24.7 Å². The number of carbonyl (C=O) groups is 2. The first kappa shape index (κ1) is 19.9. The standard InChI is InChI=1S/C19H24N4O2S/c1-10(2)23(11(3)4)19-21-13(6)16(26-19)8-14-12(5)15(9-20)18(25)22(7)17(14)24/h8,10-11H,1-7H3. The van der Waals surface area contributed by atoms with Crippen molar-refractivity contribution in [1.82, 2.24) is 9.88 Å². The number of rotatable bonds is 4. The lowest BCUT2D eigenvalue weighted by molar-refractivity contribution is -0.138. The number of likely N-dealkylation sites (N-methyl/N-ethyl adjacent to an activating group) is 1. The molecule has 0 aliphatic carbocycles. The zero-order chi connectivity index (χ0) is 19.8. The van der Waals surface area contributed by atoms with Gasteiger partial charge in [-0.15, -0.1) is 0 Å². The van der Waals surface area contributed by atoms with Gasteiger partial charge in [-0.2, -0.15) is 5.26 Å². The highest BCUT2D eigenvalue weighted by atomic mass is 32.1. The number of carbonyl (C=O) groups excluding carboxylic acids is 2. The quantitative estimate of drug-likeness (QED) is 0.599. The zero-order valence-electron chi connectivity index (χ0n) is 16.2. The number of aryl methyl sites for hydroxylation is 1. The Balaban J connectivity index is 2.56. The van der Waals surface area contributed by atoms with Crippen molar-refractivity contribution in [3.05, 3.63) is 27.3 Å². The van der Waals surface area contributed by atoms with Crippen molar-refractivity contribution in [1.29, 1.82) is 5.26 Å². The van der Waals surface area contributed by atoms with Crippen molar-refractivity contribution in [2.75, 3.05) is 11.9 Å². The van der Waals surface area contributed by atoms with Gasteiger partial charge in [0.05, 0.1) is 10.6 Å². The molecular formula is C19H24N4O2S. The molecular weight excluding hydrogens is 348 g/mol. The molecule has 0 aromatic carbocycles. The van der Waals surface area contributed by atoms with Crippen LogP contribution in [0, 0.1) is 18.3 Å². The van der Waals surface area contributed by atoms with Crippen molar-refractivity contribution in [3.8, 4) is 6.07 Å². The van der Waals surface area contributed by atoms with Gasteiger partial charge in [-0.3, -0.25) is 14.5 Å². The minimum absolute atomic E-state index is 0.00623. The lowest BCUT2D eigenvalue weighted by Gasteiger charge is -2.30. The van der Waals surface area contributed by atoms with Crippen LogP contribution >= 0.6 is 11.3 Å². The van der Waals surface area contributed by atoms with Crippen LogP contribution in [-0.2, 0) is 9.59 Å². The molecule has 0 N–H and O–H groups in total. The molecule has 1 aromatic rings. The molecule has 0 saturated carbocycles. The molecule has 1 aliphatic heterocycles. The van der Waals surface area contributed by atoms with E-state index in [4.69, 9.17) is 0 Å². The van der Waals surface area contributed by atoms with Gasteiger partial charge in [-0.25, -0.2) is 4.98 Å². The number of imide groups is 1. The zero-order valence-corrected chi connectivity index (χ0v) is 17.1. The van der Waals surface area contributed by atoms with Crippen molar-refractivity contribution < 1.29 is 9.59 Å². The summed E-state index contributed by atoms with van der Waals surface area (Å²) in [6, 6.07) is 2.51. The predicted molar refractivity (Wildman–Crippen MR) is 104 cm³/mol. The topological polar surface area (TPSA) is 77.3 Å². The summed E-state index contributed by atoms with van der Waals surface area (Å²) in [6.45, 7) is 12.0. The molecule has 7 heteroatoms. The molecule has 6 nitrogen and oxygen atoms in total. The Morgan fingerprint density at radius 1 is 1.15 bits per heavy atom. The fourth-order valence-corrected chi connectivity index (χ4v) is 4.28. The van der Waals surface area contributed by atoms with Crippen LogP contribution in [0.5, 0.6) is 0 Å². The van der Waals surface area contributed by atoms with E-state index in [1.165, 1.54) is 18.4 Å². The van der Waals surface area contributed by atoms with Gasteiger partial charge in [-0.05, 0) is 53.2 Å². The first-order valence-corrected chi connectivity index (χ1v) is 9.32. The van der Waals surface area contributed by atoms with E-state index in [-0.39, 0.29) is 5.57 Å². The normalized spacial score (nSPS) is 16.9. The number of nitriles is 1. The summed E-state index contributed by atoms with van der Waals surface area (Å²) in [5.41, 5.74) is 1.61. The van der Waals surface area contributed by atoms with E-state index in [1.54, 1.807) is 13.0 Å². The van der Waals surface area contributed by atoms with E-state index in [0.717, 1.165) is 20.6 Å². The third kappa shape index (κ3) is 3.42. The van der Waals surface area contributed by atoms with Crippen LogP contribution in [-0.4, -0.2) is 40.8 Å². The second-order valence-corrected chi connectivity index (χ2v) is 7.89. The highest BCUT2D eigenvalue weighted by Gasteiger charge is 2.33. The number of nitrogens with zero attached hydrogens (tertiary/aromatic N) is 4. The van der Waals surface area contributed by atoms with Gasteiger partial charge in [0.2, 0.25) is 0 Å². The summed E-state index contributed by atoms with van der Waals surface area (Å²) in [5.74, 6) is -0.954. The maximum Gasteiger partial charge on any atom is 0.271 e. The van der Waals surface area contributed by atoms with Crippen LogP contribution < -0.4 is 4.90 Å². The molecule has 2 heterocycles. The van der Waals surface area contributed by atoms with E-state index < -0.39 is 11.8 Å². The summed E-state index contributed by atoms with van der Waals surface area (Å²) in [7, 11) is 1.40. The summed E-state index contributed by atoms with van der Waals surface area (Å²) >= 11 is 1.51. The number of hydrogen-bond acceptors (Lipinski definition) is 6. The van der Waals surface area contributed by atoms with Crippen molar-refractivity contribution in [2.45, 2.75) is 53.6 Å². The molecule has 2 amide bonds. The largest absolute Gasteiger partial charge is 0.343 e. The average Bonchev–Trinajstić information content (AvgIpc) is 2.89. The number of amides is 2. The van der Waals surface area contributed by atoms with Gasteiger partial charge in [-0.1, -0.05) is 11.3 Å². The molecule has 0 radical (unpaired) electrons. The lowest BCUT2D eigenvalue weighted by atomic mass is 9.95. The molecule has 1 aromatic heterocycles. The Morgan fingerprint density at radius 2 is 1.73 bits per heavy atom. The van der Waals surface area contributed by atoms with Crippen LogP contribution in [0.25, 0.3) is 6.08 Å². The molecule has 0 atom stereocenters. The second-order valence-electron chi connectivity index (χ2n) is 6.88. The fourth-order valence-electron chi connectivity index (χ4n) is 3.00. The molecule has 0 spiro atoms. The summed E-state index contributed by atoms with van der Waals surface area (Å²) < 4.78 is 0. The van der Waals surface area contributed by atoms with Gasteiger partial charge < -0.3 is 4.90 Å². The molecule has 1 aliphatic rings. The Labute approximate surface area is 158 Å². The molecule has 138 valence electrons. The Bertz CT molecular complexity index is 847. The van der Waals surface area contributed by atoms with Gasteiger partial charge in [0.25, 0.3) is 11.8 Å². The molecule has 0 fully saturated rings. The minimum atomic E-state index is -0.556. The van der Waals surface area contributed by atoms with Gasteiger partial charge >= 0.3 is 0 Å². The predicted octanol–water partition coefficient (Wildman–Crippen LogP) is 3.30. The number of aromatic nitrogens is 1. The van der Waals surface area contributed by atoms with Crippen molar-refractivity contribution in [3.63, 3.8) is 0 Å². The Hall–Kier alpha value is -2.46. The van der Waals surface area contributed by atoms with Crippen molar-refractivity contribution >= 4 is 34.4 Å². The molecule has 26 heavy (non-hydrogen) atoms. The van der Waals surface area contributed by atoms with Gasteiger partial charge in [0.15, 0.2) is 5.13 Å². The second kappa shape index (κ2) is 7.42. The first-order valence-electron chi connectivity index (χ1n) is 8.51. The van der Waals surface area contributed by atoms with E-state index in [1.807, 2.05) is 13.0 Å². The van der Waals surface area contributed by atoms with Crippen molar-refractivity contribution in [2.24, 2.45) is 0 Å². The lowest BCUT2D eigenvalue weighted by Crippen LogP contribution is -2.39. The molecule has 2 rings (SSSR count). The van der Waals surface area contributed by atoms with E-state index in [0.29, 0.717) is 23.2 Å². The minimum Gasteiger partial charge on any atom is -0.343 e. The Kier molecular flexibility index (Phi) is 5.67. The third-order valence-corrected chi connectivity index (χ3v) is 5.49. The monoisotopic (exact) mass is 372 g/mol. The fraction of sp³-hybridized carbons (Fsp3) is 0.474. The third-order valence-electron chi connectivity index (χ3n) is 4.37. The maximum absolute atomic E-state index is 12.5. The first-order chi connectivity index (χ1) is 12.1. The van der Waals surface area contributed by atoms with Crippen LogP contribution in [0.4, 0.5) is 5.13 Å². The van der Waals surface area contributed by atoms with Crippen LogP contribution in [0.2, 0.25) is 0 Å². The SMILES string of the molecule is CC1=C(C#N)C(=O)N(C)C(=O)C1=Cc1sc(N(C(C)C)C(C)C)nc1C. The van der Waals surface area contributed by atoms with Crippen LogP contribution in [0.1, 0.15) is 45.2 Å². The highest BCUT2D eigenvalue weighted by Crippen LogP contribution is 2.33. The molecule has 0 unspecified atom stereocenters. The summed E-state index contributed by atoms with van der Waals surface area (Å²) in [6.07, 6.45) is 1.74. The summed E-state index contributed by atoms with van der Waals surface area (Å²) in [4.78, 5) is 33.4. The summed E-state index contributed by atoms with van der Waals surface area (Å²) in [5, 5.41) is 10.2. The van der Waals surface area contributed by atoms with Crippen LogP contribution in [0.3, 0.4) is 0 Å². The highest BCUT2D eigenvalue weighted by molar-refractivity contribution is 7.16. The maximum atomic E-state index is 12.5. The number of anilines is 1. The van der Waals surface area contributed by atoms with Crippen LogP contribution in [0.15, 0.2) is 16.7 Å². The number of thiazole rings is 1. The van der Waals surface area contributed by atoms with Gasteiger partial charge in [0.1, 0.15) is 11.6 Å². The Morgan fingerprint density at radius 3 is 2.23 bits per heavy atom. The molecule has 0 bridgehead atoms. The smallest absolute Gasteiger partial charge is 0.271 e. The van der Waals surface area contributed by atoms with E-state index in [9.17, 15) is 14.9 Å². The van der Waals surface area contributed by atoms with E-state index in [2.05, 4.69) is 37.6 Å². The number of hydrogen-bond donors (Lipinski definition) is 0.